The lowest BCUT2D eigenvalue weighted by atomic mass is 10.0. The molecule has 17 heteroatoms. The molecule has 0 radical (unpaired) electrons. The van der Waals surface area contributed by atoms with Crippen molar-refractivity contribution in [1.29, 1.82) is 0 Å². The molecular formula is C58H70N8O5S4. The molecule has 3 saturated heterocycles. The standard InChI is InChI=1S/C31H38N4O3S2.C27H32N4O2S2/c1-3-5-25(21(2)34-10-14-37-15-11-34)32-22-8-9-27-29(18-22)39-28-7-4-6-24(31(28)40-27)26-19-23(20-30(36)33-26)35-12-16-38-17-13-35;1-3-5-21(17(2)28)29-18-8-9-23-25(14-18)34-24-7-4-6-20(27(24)35-23)22-15-19(16-26(32)30-22)31-10-12-33-13-11-31/h4,6-9,18-21,25,32H,3,5,10-17H2,1-2H3,(H,33,36);4,6-9,14-17,21,29H,3,5,10-13,28H2,1-2H3,(H,30,32)/t21-,25?;17-,21?/m00/s1. The Morgan fingerprint density at radius 2 is 0.973 bits per heavy atom. The van der Waals surface area contributed by atoms with Gasteiger partial charge in [-0.05, 0) is 87.4 Å². The third-order valence-electron chi connectivity index (χ3n) is 14.4. The summed E-state index contributed by atoms with van der Waals surface area (Å²) >= 11 is 7.15. The predicted octanol–water partition coefficient (Wildman–Crippen LogP) is 11.2. The number of morpholine rings is 3. The maximum absolute atomic E-state index is 12.7. The summed E-state index contributed by atoms with van der Waals surface area (Å²) < 4.78 is 16.6. The van der Waals surface area contributed by atoms with Gasteiger partial charge in [0.2, 0.25) is 11.1 Å². The van der Waals surface area contributed by atoms with Crippen LogP contribution in [0.5, 0.6) is 0 Å². The van der Waals surface area contributed by atoms with Gasteiger partial charge < -0.3 is 50.3 Å². The molecule has 396 valence electrons. The van der Waals surface area contributed by atoms with Gasteiger partial charge in [0.15, 0.2) is 0 Å². The van der Waals surface area contributed by atoms with Gasteiger partial charge in [-0.2, -0.15) is 0 Å². The summed E-state index contributed by atoms with van der Waals surface area (Å²) in [5, 5.41) is 7.51. The minimum absolute atomic E-state index is 0.0749. The molecule has 5 aliphatic heterocycles. The fraction of sp³-hybridized carbons (Fsp3) is 0.414. The molecule has 6 aromatic rings. The molecule has 3 fully saturated rings. The van der Waals surface area contributed by atoms with E-state index in [0.717, 1.165) is 118 Å². The Kier molecular flexibility index (Phi) is 17.9. The van der Waals surface area contributed by atoms with Gasteiger partial charge in [-0.1, -0.05) is 98.0 Å². The molecule has 11 rings (SSSR count). The van der Waals surface area contributed by atoms with Crippen LogP contribution in [0.1, 0.15) is 53.4 Å². The number of aromatic amines is 2. The highest BCUT2D eigenvalue weighted by Gasteiger charge is 2.28. The first-order valence-electron chi connectivity index (χ1n) is 26.6. The number of nitrogens with zero attached hydrogens (tertiary/aromatic N) is 3. The first kappa shape index (κ1) is 53.6. The first-order chi connectivity index (χ1) is 36.6. The van der Waals surface area contributed by atoms with Crippen LogP contribution in [0.2, 0.25) is 0 Å². The highest BCUT2D eigenvalue weighted by Crippen LogP contribution is 2.54. The van der Waals surface area contributed by atoms with Gasteiger partial charge in [-0.15, -0.1) is 0 Å². The van der Waals surface area contributed by atoms with Crippen LogP contribution in [0.3, 0.4) is 0 Å². The lowest BCUT2D eigenvalue weighted by molar-refractivity contribution is 0.0160. The van der Waals surface area contributed by atoms with Crippen LogP contribution in [-0.2, 0) is 14.2 Å². The van der Waals surface area contributed by atoms with Gasteiger partial charge >= 0.3 is 0 Å². The average molecular weight is 1090 g/mol. The fourth-order valence-corrected chi connectivity index (χ4v) is 15.2. The van der Waals surface area contributed by atoms with Crippen LogP contribution in [0.25, 0.3) is 22.5 Å². The number of rotatable bonds is 15. The molecule has 75 heavy (non-hydrogen) atoms. The summed E-state index contributed by atoms with van der Waals surface area (Å²) in [6.45, 7) is 18.4. The summed E-state index contributed by atoms with van der Waals surface area (Å²) in [7, 11) is 0. The van der Waals surface area contributed by atoms with E-state index in [-0.39, 0.29) is 23.2 Å². The molecule has 0 aliphatic carbocycles. The number of nitrogens with two attached hydrogens (primary N) is 1. The normalized spacial score (nSPS) is 18.0. The Labute approximate surface area is 458 Å². The molecule has 2 aromatic heterocycles. The number of aromatic nitrogens is 2. The van der Waals surface area contributed by atoms with Crippen LogP contribution >= 0.6 is 47.0 Å². The molecule has 0 bridgehead atoms. The second kappa shape index (κ2) is 25.1. The topological polar surface area (TPSA) is 153 Å². The molecule has 13 nitrogen and oxygen atoms in total. The molecule has 6 N–H and O–H groups in total. The number of hydrogen-bond donors (Lipinski definition) is 5. The van der Waals surface area contributed by atoms with Gasteiger partial charge in [0.05, 0.1) is 51.0 Å². The smallest absolute Gasteiger partial charge is 0.250 e. The predicted molar refractivity (Wildman–Crippen MR) is 311 cm³/mol. The number of nitrogens with one attached hydrogen (secondary N) is 4. The second-order valence-electron chi connectivity index (χ2n) is 19.8. The average Bonchev–Trinajstić information content (AvgIpc) is 3.44. The largest absolute Gasteiger partial charge is 0.381 e. The van der Waals surface area contributed by atoms with Crippen LogP contribution < -0.4 is 37.3 Å². The number of hydrogen-bond acceptors (Lipinski definition) is 15. The van der Waals surface area contributed by atoms with Crippen molar-refractivity contribution in [3.05, 3.63) is 118 Å². The zero-order chi connectivity index (χ0) is 51.8. The van der Waals surface area contributed by atoms with Gasteiger partial charge in [-0.3, -0.25) is 14.5 Å². The second-order valence-corrected chi connectivity index (χ2v) is 24.0. The first-order valence-corrected chi connectivity index (χ1v) is 29.9. The van der Waals surface area contributed by atoms with E-state index in [1.165, 1.54) is 44.9 Å². The van der Waals surface area contributed by atoms with Crippen LogP contribution in [0.4, 0.5) is 22.7 Å². The number of benzene rings is 4. The number of anilines is 4. The lowest BCUT2D eigenvalue weighted by Crippen LogP contribution is -2.49. The van der Waals surface area contributed by atoms with Crippen molar-refractivity contribution in [2.45, 2.75) is 117 Å². The molecule has 5 aliphatic rings. The van der Waals surface area contributed by atoms with E-state index < -0.39 is 0 Å². The molecule has 4 atom stereocenters. The Morgan fingerprint density at radius 1 is 0.533 bits per heavy atom. The highest BCUT2D eigenvalue weighted by molar-refractivity contribution is 8.05. The number of pyridine rings is 2. The third-order valence-corrected chi connectivity index (χ3v) is 19.6. The number of ether oxygens (including phenoxy) is 3. The Morgan fingerprint density at radius 3 is 1.43 bits per heavy atom. The van der Waals surface area contributed by atoms with E-state index in [4.69, 9.17) is 19.9 Å². The number of H-pyrrole nitrogens is 2. The van der Waals surface area contributed by atoms with E-state index in [2.05, 4.69) is 148 Å². The van der Waals surface area contributed by atoms with Crippen LogP contribution in [0, 0.1) is 0 Å². The monoisotopic (exact) mass is 1090 g/mol. The minimum atomic E-state index is -0.0815. The van der Waals surface area contributed by atoms with Gasteiger partial charge in [0.25, 0.3) is 0 Å². The van der Waals surface area contributed by atoms with E-state index in [1.807, 2.05) is 11.8 Å². The van der Waals surface area contributed by atoms with E-state index >= 15 is 0 Å². The summed E-state index contributed by atoms with van der Waals surface area (Å²) in [5.41, 5.74) is 14.1. The minimum Gasteiger partial charge on any atom is -0.381 e. The summed E-state index contributed by atoms with van der Waals surface area (Å²) in [5.74, 6) is 0. The van der Waals surface area contributed by atoms with Crippen molar-refractivity contribution >= 4 is 69.8 Å². The lowest BCUT2D eigenvalue weighted by Gasteiger charge is -2.37. The van der Waals surface area contributed by atoms with Crippen molar-refractivity contribution < 1.29 is 14.2 Å². The van der Waals surface area contributed by atoms with E-state index in [9.17, 15) is 9.59 Å². The highest BCUT2D eigenvalue weighted by atomic mass is 32.2. The quantitative estimate of drug-likeness (QED) is 0.0661. The molecule has 7 heterocycles. The number of fused-ring (bicyclic) bond motifs is 4. The third kappa shape index (κ3) is 13.0. The fourth-order valence-electron chi connectivity index (χ4n) is 10.4. The molecule has 2 unspecified atom stereocenters. The van der Waals surface area contributed by atoms with Gasteiger partial charge in [0, 0.05) is 149 Å². The SMILES string of the molecule is CCCC(Nc1ccc2c(c1)Sc1cccc(-c3cc(N4CCOCC4)cc(=O)[nH]3)c1S2)[C@H](C)N.CCCC(Nc1ccc2c(c1)Sc1cccc(-c3cc(N4CCOCC4)cc(=O)[nH]3)c1S2)[C@H](C)N1CCOCC1. The van der Waals surface area contributed by atoms with Gasteiger partial charge in [-0.25, -0.2) is 0 Å². The van der Waals surface area contributed by atoms with Crippen molar-refractivity contribution in [1.82, 2.24) is 14.9 Å². The molecule has 0 amide bonds. The summed E-state index contributed by atoms with van der Waals surface area (Å²) in [6, 6.07) is 34.8. The molecule has 4 aromatic carbocycles. The maximum Gasteiger partial charge on any atom is 0.250 e. The molecule has 0 saturated carbocycles. The van der Waals surface area contributed by atoms with Crippen molar-refractivity contribution in [3.63, 3.8) is 0 Å². The van der Waals surface area contributed by atoms with Crippen molar-refractivity contribution in [2.24, 2.45) is 5.73 Å². The molecule has 0 spiro atoms. The van der Waals surface area contributed by atoms with Gasteiger partial charge in [0.1, 0.15) is 0 Å². The molecular weight excluding hydrogens is 1020 g/mol. The van der Waals surface area contributed by atoms with Crippen LogP contribution in [0.15, 0.2) is 146 Å². The Bertz CT molecular complexity index is 3040. The Balaban J connectivity index is 0.000000173. The Hall–Kier alpha value is -4.82. The zero-order valence-electron chi connectivity index (χ0n) is 43.5. The van der Waals surface area contributed by atoms with E-state index in [0.29, 0.717) is 38.5 Å². The summed E-state index contributed by atoms with van der Waals surface area (Å²) in [6.07, 6.45) is 4.42. The van der Waals surface area contributed by atoms with E-state index in [1.54, 1.807) is 47.4 Å². The van der Waals surface area contributed by atoms with Crippen molar-refractivity contribution in [2.75, 3.05) is 99.3 Å². The summed E-state index contributed by atoms with van der Waals surface area (Å²) in [4.78, 5) is 48.2. The zero-order valence-corrected chi connectivity index (χ0v) is 46.7. The maximum atomic E-state index is 12.7. The van der Waals surface area contributed by atoms with Crippen molar-refractivity contribution in [3.8, 4) is 22.5 Å². The van der Waals surface area contributed by atoms with Crippen LogP contribution in [-0.4, -0.2) is 118 Å².